The van der Waals surface area contributed by atoms with E-state index in [2.05, 4.69) is 6.92 Å². The summed E-state index contributed by atoms with van der Waals surface area (Å²) in [5.74, 6) is 0.0237. The van der Waals surface area contributed by atoms with Gasteiger partial charge in [-0.25, -0.2) is 0 Å². The fourth-order valence-electron chi connectivity index (χ4n) is 3.77. The molecule has 1 fully saturated rings. The van der Waals surface area contributed by atoms with Crippen LogP contribution in [0.2, 0.25) is 0 Å². The predicted octanol–water partition coefficient (Wildman–Crippen LogP) is 3.43. The molecule has 0 N–H and O–H groups in total. The monoisotopic (exact) mass is 364 g/mol. The van der Waals surface area contributed by atoms with Gasteiger partial charge in [-0.1, -0.05) is 31.5 Å². The lowest BCUT2D eigenvalue weighted by atomic mass is 10.0. The summed E-state index contributed by atoms with van der Waals surface area (Å²) in [4.78, 5) is 27.7. The minimum Gasteiger partial charge on any atom is -0.378 e. The number of rotatable bonds is 4. The maximum Gasteiger partial charge on any atom is 0.258 e. The number of aromatic nitrogens is 1. The third-order valence-corrected chi connectivity index (χ3v) is 5.26. The molecule has 4 rings (SSSR count). The Morgan fingerprint density at radius 1 is 1.04 bits per heavy atom. The van der Waals surface area contributed by atoms with Crippen LogP contribution in [0.5, 0.6) is 0 Å². The molecule has 0 spiro atoms. The first kappa shape index (κ1) is 17.7. The molecule has 27 heavy (non-hydrogen) atoms. The van der Waals surface area contributed by atoms with Crippen molar-refractivity contribution in [2.45, 2.75) is 26.3 Å². The molecule has 0 radical (unpaired) electrons. The van der Waals surface area contributed by atoms with Gasteiger partial charge in [0.25, 0.3) is 11.5 Å². The van der Waals surface area contributed by atoms with E-state index in [-0.39, 0.29) is 11.5 Å². The summed E-state index contributed by atoms with van der Waals surface area (Å²) < 4.78 is 7.20. The van der Waals surface area contributed by atoms with Crippen LogP contribution in [0.3, 0.4) is 0 Å². The zero-order valence-electron chi connectivity index (χ0n) is 15.6. The number of pyridine rings is 1. The van der Waals surface area contributed by atoms with Gasteiger partial charge in [0.05, 0.1) is 18.7 Å². The average molecular weight is 364 g/mol. The highest BCUT2D eigenvalue weighted by Gasteiger charge is 2.20. The highest BCUT2D eigenvalue weighted by atomic mass is 16.5. The number of hydrogen-bond acceptors (Lipinski definition) is 3. The van der Waals surface area contributed by atoms with E-state index in [9.17, 15) is 9.59 Å². The van der Waals surface area contributed by atoms with E-state index < -0.39 is 0 Å². The summed E-state index contributed by atoms with van der Waals surface area (Å²) in [6.07, 6.45) is 1.97. The number of fused-ring (bicyclic) bond motifs is 3. The van der Waals surface area contributed by atoms with Crippen LogP contribution in [-0.2, 0) is 11.3 Å². The smallest absolute Gasteiger partial charge is 0.258 e. The Balaban J connectivity index is 1.89. The van der Waals surface area contributed by atoms with Gasteiger partial charge in [0.15, 0.2) is 0 Å². The van der Waals surface area contributed by atoms with Crippen LogP contribution in [0.1, 0.15) is 30.1 Å². The number of unbranched alkanes of at least 4 members (excludes halogenated alkanes) is 1. The van der Waals surface area contributed by atoms with Crippen LogP contribution in [0.4, 0.5) is 0 Å². The van der Waals surface area contributed by atoms with E-state index in [0.717, 1.165) is 29.1 Å². The van der Waals surface area contributed by atoms with Gasteiger partial charge in [-0.3, -0.25) is 9.59 Å². The molecular formula is C22H24N2O3. The maximum absolute atomic E-state index is 13.0. The first-order valence-electron chi connectivity index (χ1n) is 9.63. The molecule has 1 saturated heterocycles. The van der Waals surface area contributed by atoms with Gasteiger partial charge in [0.2, 0.25) is 0 Å². The van der Waals surface area contributed by atoms with Gasteiger partial charge < -0.3 is 14.2 Å². The molecule has 0 bridgehead atoms. The zero-order chi connectivity index (χ0) is 18.8. The Labute approximate surface area is 158 Å². The van der Waals surface area contributed by atoms with Crippen molar-refractivity contribution >= 4 is 27.6 Å². The van der Waals surface area contributed by atoms with Gasteiger partial charge in [-0.2, -0.15) is 0 Å². The standard InChI is InChI=1S/C22H24N2O3/c1-2-3-10-24-20-9-8-16(21(25)23-11-13-27-14-12-23)15-19(20)17-6-4-5-7-18(17)22(24)26/h4-9,15H,2-3,10-14H2,1H3. The molecule has 2 aromatic carbocycles. The Kier molecular flexibility index (Phi) is 4.94. The van der Waals surface area contributed by atoms with Gasteiger partial charge >= 0.3 is 0 Å². The summed E-state index contributed by atoms with van der Waals surface area (Å²) in [5.41, 5.74) is 1.60. The molecule has 1 aliphatic rings. The number of carbonyl (C=O) groups excluding carboxylic acids is 1. The maximum atomic E-state index is 13.0. The van der Waals surface area contributed by atoms with Crippen molar-refractivity contribution in [3.63, 3.8) is 0 Å². The molecule has 1 aromatic heterocycles. The van der Waals surface area contributed by atoms with E-state index in [1.54, 1.807) is 0 Å². The van der Waals surface area contributed by atoms with E-state index >= 15 is 0 Å². The molecule has 1 aliphatic heterocycles. The molecule has 140 valence electrons. The van der Waals surface area contributed by atoms with Crippen LogP contribution in [-0.4, -0.2) is 41.7 Å². The van der Waals surface area contributed by atoms with E-state index in [1.165, 1.54) is 0 Å². The molecule has 0 aliphatic carbocycles. The number of morpholine rings is 1. The molecule has 2 heterocycles. The van der Waals surface area contributed by atoms with Gasteiger partial charge in [0.1, 0.15) is 0 Å². The van der Waals surface area contributed by atoms with Crippen molar-refractivity contribution in [2.75, 3.05) is 26.3 Å². The Bertz CT molecular complexity index is 1050. The summed E-state index contributed by atoms with van der Waals surface area (Å²) >= 11 is 0. The zero-order valence-corrected chi connectivity index (χ0v) is 15.6. The first-order valence-corrected chi connectivity index (χ1v) is 9.63. The van der Waals surface area contributed by atoms with Crippen LogP contribution < -0.4 is 5.56 Å². The van der Waals surface area contributed by atoms with Crippen molar-refractivity contribution in [1.29, 1.82) is 0 Å². The molecule has 0 saturated carbocycles. The first-order chi connectivity index (χ1) is 13.2. The van der Waals surface area contributed by atoms with E-state index in [0.29, 0.717) is 43.8 Å². The van der Waals surface area contributed by atoms with Gasteiger partial charge in [0, 0.05) is 36.0 Å². The van der Waals surface area contributed by atoms with E-state index in [1.807, 2.05) is 51.9 Å². The van der Waals surface area contributed by atoms with Gasteiger partial charge in [-0.05, 0) is 36.1 Å². The topological polar surface area (TPSA) is 51.5 Å². The molecule has 0 unspecified atom stereocenters. The number of hydrogen-bond donors (Lipinski definition) is 0. The largest absolute Gasteiger partial charge is 0.378 e. The Morgan fingerprint density at radius 3 is 2.52 bits per heavy atom. The second kappa shape index (κ2) is 7.53. The fraction of sp³-hybridized carbons (Fsp3) is 0.364. The van der Waals surface area contributed by atoms with Crippen molar-refractivity contribution in [3.05, 3.63) is 58.4 Å². The van der Waals surface area contributed by atoms with E-state index in [4.69, 9.17) is 4.74 Å². The van der Waals surface area contributed by atoms with Crippen LogP contribution in [0.15, 0.2) is 47.3 Å². The number of aryl methyl sites for hydroxylation is 1. The van der Waals surface area contributed by atoms with Crippen molar-refractivity contribution in [3.8, 4) is 0 Å². The third-order valence-electron chi connectivity index (χ3n) is 5.26. The third kappa shape index (κ3) is 3.23. The Hall–Kier alpha value is -2.66. The fourth-order valence-corrected chi connectivity index (χ4v) is 3.77. The normalized spacial score (nSPS) is 14.8. The summed E-state index contributed by atoms with van der Waals surface area (Å²) in [5, 5.41) is 2.57. The highest BCUT2D eigenvalue weighted by molar-refractivity contribution is 6.08. The second-order valence-electron chi connectivity index (χ2n) is 6.99. The lowest BCUT2D eigenvalue weighted by Crippen LogP contribution is -2.40. The number of ether oxygens (including phenoxy) is 1. The summed E-state index contributed by atoms with van der Waals surface area (Å²) in [7, 11) is 0. The van der Waals surface area contributed by atoms with Crippen LogP contribution in [0.25, 0.3) is 21.7 Å². The molecule has 5 nitrogen and oxygen atoms in total. The highest BCUT2D eigenvalue weighted by Crippen LogP contribution is 2.25. The number of nitrogens with zero attached hydrogens (tertiary/aromatic N) is 2. The molecule has 5 heteroatoms. The minimum atomic E-state index is 0.0237. The molecular weight excluding hydrogens is 340 g/mol. The molecule has 0 atom stereocenters. The quantitative estimate of drug-likeness (QED) is 0.667. The van der Waals surface area contributed by atoms with Crippen molar-refractivity contribution in [2.24, 2.45) is 0 Å². The SMILES string of the molecule is CCCCn1c(=O)c2ccccc2c2cc(C(=O)N3CCOCC3)ccc21. The number of amides is 1. The minimum absolute atomic E-state index is 0.0237. The van der Waals surface area contributed by atoms with Crippen LogP contribution >= 0.6 is 0 Å². The number of benzene rings is 2. The summed E-state index contributed by atoms with van der Waals surface area (Å²) in [6, 6.07) is 13.4. The second-order valence-corrected chi connectivity index (χ2v) is 6.99. The number of carbonyl (C=O) groups is 1. The van der Waals surface area contributed by atoms with Gasteiger partial charge in [-0.15, -0.1) is 0 Å². The molecule has 3 aromatic rings. The van der Waals surface area contributed by atoms with Crippen LogP contribution in [0, 0.1) is 0 Å². The Morgan fingerprint density at radius 2 is 1.78 bits per heavy atom. The lowest BCUT2D eigenvalue weighted by molar-refractivity contribution is 0.0303. The molecule has 1 amide bonds. The van der Waals surface area contributed by atoms with Crippen molar-refractivity contribution in [1.82, 2.24) is 9.47 Å². The van der Waals surface area contributed by atoms with Crippen molar-refractivity contribution < 1.29 is 9.53 Å². The lowest BCUT2D eigenvalue weighted by Gasteiger charge is -2.27. The average Bonchev–Trinajstić information content (AvgIpc) is 2.73. The predicted molar refractivity (Wildman–Crippen MR) is 107 cm³/mol. The summed E-state index contributed by atoms with van der Waals surface area (Å²) in [6.45, 7) is 5.21.